The number of hydrogen-bond acceptors (Lipinski definition) is 2. The van der Waals surface area contributed by atoms with Gasteiger partial charge in [-0.05, 0) is 0 Å². The highest BCUT2D eigenvalue weighted by atomic mass is 79.9. The fourth-order valence-corrected chi connectivity index (χ4v) is 1.14. The Morgan fingerprint density at radius 2 is 2.00 bits per heavy atom. The molecule has 0 saturated heterocycles. The first-order valence-electron chi connectivity index (χ1n) is 2.81. The van der Waals surface area contributed by atoms with Gasteiger partial charge in [0.1, 0.15) is 0 Å². The lowest BCUT2D eigenvalue weighted by Gasteiger charge is -2.12. The minimum absolute atomic E-state index is 0.0172. The second-order valence-corrected chi connectivity index (χ2v) is 5.84. The van der Waals surface area contributed by atoms with E-state index >= 15 is 0 Å². The van der Waals surface area contributed by atoms with Crippen molar-refractivity contribution in [2.24, 2.45) is 0 Å². The van der Waals surface area contributed by atoms with Crippen LogP contribution in [0.5, 0.6) is 0 Å². The van der Waals surface area contributed by atoms with Gasteiger partial charge in [-0.1, -0.05) is 38.8 Å². The summed E-state index contributed by atoms with van der Waals surface area (Å²) in [5, 5.41) is 0. The summed E-state index contributed by atoms with van der Waals surface area (Å²) in [6.07, 6.45) is 0. The molecule has 0 radical (unpaired) electrons. The summed E-state index contributed by atoms with van der Waals surface area (Å²) in [6, 6.07) is 0. The van der Waals surface area contributed by atoms with Gasteiger partial charge in [-0.2, -0.15) is 0 Å². The summed E-state index contributed by atoms with van der Waals surface area (Å²) in [5.74, 6) is 0. The Hall–Kier alpha value is 1.07. The van der Waals surface area contributed by atoms with E-state index in [9.17, 15) is 4.57 Å². The number of phosphoric ester groups is 1. The van der Waals surface area contributed by atoms with Gasteiger partial charge in [-0.25, -0.2) is 4.57 Å². The van der Waals surface area contributed by atoms with Gasteiger partial charge >= 0.3 is 7.82 Å². The maximum Gasteiger partial charge on any atom is 0.469 e. The van der Waals surface area contributed by atoms with Crippen LogP contribution in [0.1, 0.15) is 6.92 Å². The average Bonchev–Trinajstić information content (AvgIpc) is 1.80. The monoisotopic (exact) mass is 310 g/mol. The van der Waals surface area contributed by atoms with Crippen LogP contribution in [0.3, 0.4) is 0 Å². The first-order valence-corrected chi connectivity index (χ1v) is 6.17. The summed E-state index contributed by atoms with van der Waals surface area (Å²) in [4.78, 5) is 16.6. The molecule has 2 N–H and O–H groups in total. The molecule has 0 aliphatic carbocycles. The Labute approximate surface area is 81.8 Å². The van der Waals surface area contributed by atoms with Crippen LogP contribution in [0, 0.1) is 0 Å². The molecular formula is C4H9Br2O4P. The second kappa shape index (κ2) is 4.94. The van der Waals surface area contributed by atoms with Gasteiger partial charge in [-0.3, -0.25) is 4.52 Å². The van der Waals surface area contributed by atoms with Gasteiger partial charge in [0, 0.05) is 4.83 Å². The standard InChI is InChI=1S/C4H9Br2O4P/c1-3(5)4(6)2-10-11(7,8)9/h3-4H,2H2,1H3,(H2,7,8,9). The lowest BCUT2D eigenvalue weighted by Crippen LogP contribution is -2.16. The molecule has 0 heterocycles. The van der Waals surface area contributed by atoms with E-state index in [2.05, 4.69) is 36.4 Å². The molecule has 4 nitrogen and oxygen atoms in total. The van der Waals surface area contributed by atoms with Crippen molar-refractivity contribution in [2.45, 2.75) is 16.6 Å². The fraction of sp³-hybridized carbons (Fsp3) is 1.00. The maximum atomic E-state index is 10.2. The summed E-state index contributed by atoms with van der Waals surface area (Å²) in [5.41, 5.74) is 0. The first kappa shape index (κ1) is 12.1. The van der Waals surface area contributed by atoms with Crippen molar-refractivity contribution in [3.8, 4) is 0 Å². The molecule has 0 aromatic carbocycles. The molecule has 2 unspecified atom stereocenters. The number of halogens is 2. The molecule has 0 spiro atoms. The van der Waals surface area contributed by atoms with Gasteiger partial charge in [0.15, 0.2) is 0 Å². The Kier molecular flexibility index (Phi) is 5.42. The SMILES string of the molecule is CC(Br)C(Br)COP(=O)(O)O. The molecule has 0 aromatic heterocycles. The van der Waals surface area contributed by atoms with E-state index < -0.39 is 7.82 Å². The molecule has 11 heavy (non-hydrogen) atoms. The maximum absolute atomic E-state index is 10.2. The minimum Gasteiger partial charge on any atom is -0.303 e. The van der Waals surface area contributed by atoms with Gasteiger partial charge in [0.2, 0.25) is 0 Å². The zero-order valence-corrected chi connectivity index (χ0v) is 9.84. The molecule has 0 aromatic rings. The second-order valence-electron chi connectivity index (χ2n) is 1.98. The zero-order valence-electron chi connectivity index (χ0n) is 5.78. The highest BCUT2D eigenvalue weighted by Crippen LogP contribution is 2.36. The fourth-order valence-electron chi connectivity index (χ4n) is 0.301. The third kappa shape index (κ3) is 7.43. The summed E-state index contributed by atoms with van der Waals surface area (Å²) >= 11 is 6.41. The van der Waals surface area contributed by atoms with E-state index in [4.69, 9.17) is 9.79 Å². The molecule has 0 rings (SSSR count). The van der Waals surface area contributed by atoms with Crippen LogP contribution < -0.4 is 0 Å². The Bertz CT molecular complexity index is 156. The van der Waals surface area contributed by atoms with Crippen LogP contribution >= 0.6 is 39.7 Å². The van der Waals surface area contributed by atoms with E-state index in [1.807, 2.05) is 6.92 Å². The molecule has 0 amide bonds. The Balaban J connectivity index is 3.63. The lowest BCUT2D eigenvalue weighted by molar-refractivity contribution is 0.198. The van der Waals surface area contributed by atoms with Crippen molar-refractivity contribution in [3.05, 3.63) is 0 Å². The van der Waals surface area contributed by atoms with E-state index in [-0.39, 0.29) is 16.3 Å². The number of phosphoric acid groups is 1. The van der Waals surface area contributed by atoms with Crippen molar-refractivity contribution in [2.75, 3.05) is 6.61 Å². The van der Waals surface area contributed by atoms with Crippen LogP contribution in [-0.4, -0.2) is 26.0 Å². The topological polar surface area (TPSA) is 66.8 Å². The smallest absolute Gasteiger partial charge is 0.303 e. The van der Waals surface area contributed by atoms with Crippen LogP contribution in [0.15, 0.2) is 0 Å². The predicted molar refractivity (Wildman–Crippen MR) is 49.1 cm³/mol. The van der Waals surface area contributed by atoms with E-state index in [1.54, 1.807) is 0 Å². The third-order valence-electron chi connectivity index (χ3n) is 0.900. The molecule has 0 aliphatic rings. The molecule has 0 bridgehead atoms. The van der Waals surface area contributed by atoms with Crippen LogP contribution in [0.4, 0.5) is 0 Å². The molecule has 0 fully saturated rings. The summed E-state index contributed by atoms with van der Waals surface area (Å²) in [7, 11) is -4.31. The van der Waals surface area contributed by atoms with Crippen molar-refractivity contribution in [3.63, 3.8) is 0 Å². The normalized spacial score (nSPS) is 17.9. The zero-order chi connectivity index (χ0) is 9.07. The van der Waals surface area contributed by atoms with Gasteiger partial charge in [0.05, 0.1) is 11.4 Å². The van der Waals surface area contributed by atoms with Crippen LogP contribution in [-0.2, 0) is 9.09 Å². The molecule has 2 atom stereocenters. The molecule has 0 aliphatic heterocycles. The largest absolute Gasteiger partial charge is 0.469 e. The lowest BCUT2D eigenvalue weighted by atomic mass is 10.4. The van der Waals surface area contributed by atoms with E-state index in [0.29, 0.717) is 0 Å². The minimum atomic E-state index is -4.31. The molecule has 0 saturated carbocycles. The molecule has 7 heteroatoms. The summed E-state index contributed by atoms with van der Waals surface area (Å²) in [6.45, 7) is 1.83. The van der Waals surface area contributed by atoms with E-state index in [1.165, 1.54) is 0 Å². The highest BCUT2D eigenvalue weighted by Gasteiger charge is 2.18. The number of rotatable bonds is 4. The van der Waals surface area contributed by atoms with Crippen LogP contribution in [0.2, 0.25) is 0 Å². The Morgan fingerprint density at radius 1 is 1.55 bits per heavy atom. The van der Waals surface area contributed by atoms with Gasteiger partial charge in [-0.15, -0.1) is 0 Å². The third-order valence-corrected chi connectivity index (χ3v) is 3.79. The average molecular weight is 312 g/mol. The van der Waals surface area contributed by atoms with Crippen molar-refractivity contribution >= 4 is 39.7 Å². The molecule has 68 valence electrons. The predicted octanol–water partition coefficient (Wildman–Crippen LogP) is 1.64. The summed E-state index contributed by atoms with van der Waals surface area (Å²) < 4.78 is 14.4. The van der Waals surface area contributed by atoms with Crippen molar-refractivity contribution < 1.29 is 18.9 Å². The molecular weight excluding hydrogens is 303 g/mol. The number of hydrogen-bond donors (Lipinski definition) is 2. The van der Waals surface area contributed by atoms with Gasteiger partial charge in [0.25, 0.3) is 0 Å². The van der Waals surface area contributed by atoms with Gasteiger partial charge < -0.3 is 9.79 Å². The Morgan fingerprint density at radius 3 is 2.27 bits per heavy atom. The van der Waals surface area contributed by atoms with Crippen molar-refractivity contribution in [1.82, 2.24) is 0 Å². The van der Waals surface area contributed by atoms with Crippen molar-refractivity contribution in [1.29, 1.82) is 0 Å². The number of alkyl halides is 2. The quantitative estimate of drug-likeness (QED) is 0.612. The van der Waals surface area contributed by atoms with E-state index in [0.717, 1.165) is 0 Å². The highest BCUT2D eigenvalue weighted by molar-refractivity contribution is 9.12. The first-order chi connectivity index (χ1) is 4.83. The van der Waals surface area contributed by atoms with Crippen LogP contribution in [0.25, 0.3) is 0 Å².